The van der Waals surface area contributed by atoms with Crippen LogP contribution in [0.5, 0.6) is 0 Å². The van der Waals surface area contributed by atoms with Gasteiger partial charge in [-0.3, -0.25) is 9.38 Å². The van der Waals surface area contributed by atoms with Crippen LogP contribution in [-0.4, -0.2) is 50.2 Å². The van der Waals surface area contributed by atoms with E-state index < -0.39 is 5.60 Å². The smallest absolute Gasteiger partial charge is 0.407 e. The van der Waals surface area contributed by atoms with Gasteiger partial charge in [0.05, 0.1) is 4.90 Å². The molecule has 1 aliphatic heterocycles. The third-order valence-corrected chi connectivity index (χ3v) is 9.54. The largest absolute Gasteiger partial charge is 0.444 e. The van der Waals surface area contributed by atoms with Gasteiger partial charge in [0.2, 0.25) is 5.95 Å². The molecule has 0 unspecified atom stereocenters. The average molecular weight is 535 g/mol. The summed E-state index contributed by atoms with van der Waals surface area (Å²) in [5.74, 6) is 0.947. The number of rotatable bonds is 4. The average Bonchev–Trinajstić information content (AvgIpc) is 3.52. The summed E-state index contributed by atoms with van der Waals surface area (Å²) < 4.78 is 7.70. The Balaban J connectivity index is 1.18. The molecule has 38 heavy (non-hydrogen) atoms. The van der Waals surface area contributed by atoms with Crippen LogP contribution in [0.2, 0.25) is 0 Å². The number of alkyl carbamates (subject to hydrolysis) is 1. The molecule has 0 bridgehead atoms. The standard InChI is InChI=1S/C29H38N6O2S/c1-28(2,3)37-27(36)33-24-9-6-11-29(24)12-16-34(17-13-29)26-32-19-23(25-31-15-18-35(25)26)38-22-10-14-30-21-8-5-4-7-20(21)22/h10,14-15,18-19,24H,4-9,11-13,16-17H2,1-3H3,(H,33,36)/t24-/m1/s1. The lowest BCUT2D eigenvalue weighted by atomic mass is 9.74. The molecule has 8 nitrogen and oxygen atoms in total. The zero-order valence-electron chi connectivity index (χ0n) is 22.7. The Morgan fingerprint density at radius 2 is 1.87 bits per heavy atom. The minimum atomic E-state index is -0.484. The predicted molar refractivity (Wildman–Crippen MR) is 149 cm³/mol. The topological polar surface area (TPSA) is 84.6 Å². The molecule has 1 N–H and O–H groups in total. The van der Waals surface area contributed by atoms with Crippen LogP contribution < -0.4 is 10.2 Å². The van der Waals surface area contributed by atoms with Gasteiger partial charge in [-0.05, 0) is 89.2 Å². The molecule has 1 saturated heterocycles. The van der Waals surface area contributed by atoms with E-state index in [4.69, 9.17) is 14.7 Å². The molecule has 1 amide bonds. The van der Waals surface area contributed by atoms with E-state index in [-0.39, 0.29) is 17.6 Å². The van der Waals surface area contributed by atoms with E-state index in [9.17, 15) is 4.79 Å². The van der Waals surface area contributed by atoms with Crippen molar-refractivity contribution in [1.82, 2.24) is 24.7 Å². The number of anilines is 1. The van der Waals surface area contributed by atoms with Crippen molar-refractivity contribution in [2.24, 2.45) is 5.41 Å². The molecule has 4 heterocycles. The van der Waals surface area contributed by atoms with Gasteiger partial charge < -0.3 is 15.0 Å². The van der Waals surface area contributed by atoms with E-state index >= 15 is 0 Å². The van der Waals surface area contributed by atoms with E-state index in [2.05, 4.69) is 25.7 Å². The van der Waals surface area contributed by atoms with Gasteiger partial charge >= 0.3 is 6.09 Å². The van der Waals surface area contributed by atoms with Gasteiger partial charge in [-0.2, -0.15) is 0 Å². The number of ether oxygens (including phenoxy) is 1. The number of nitrogens with one attached hydrogen (secondary N) is 1. The van der Waals surface area contributed by atoms with Crippen LogP contribution >= 0.6 is 11.8 Å². The molecule has 1 atom stereocenters. The quantitative estimate of drug-likeness (QED) is 0.452. The Kier molecular flexibility index (Phi) is 6.74. The Labute approximate surface area is 229 Å². The fourth-order valence-electron chi connectivity index (χ4n) is 6.56. The van der Waals surface area contributed by atoms with Crippen molar-refractivity contribution in [2.45, 2.75) is 100.0 Å². The maximum absolute atomic E-state index is 12.5. The fraction of sp³-hybridized carbons (Fsp3) is 0.586. The van der Waals surface area contributed by atoms with Crippen LogP contribution in [0.15, 0.2) is 40.6 Å². The maximum Gasteiger partial charge on any atom is 0.407 e. The molecular weight excluding hydrogens is 496 g/mol. The number of carbonyl (C=O) groups is 1. The highest BCUT2D eigenvalue weighted by atomic mass is 32.2. The molecule has 0 aromatic carbocycles. The Morgan fingerprint density at radius 3 is 2.68 bits per heavy atom. The second-order valence-corrected chi connectivity index (χ2v) is 13.1. The van der Waals surface area contributed by atoms with Crippen molar-refractivity contribution in [3.63, 3.8) is 0 Å². The number of hydrogen-bond acceptors (Lipinski definition) is 7. The zero-order chi connectivity index (χ0) is 26.3. The fourth-order valence-corrected chi connectivity index (χ4v) is 7.62. The first kappa shape index (κ1) is 25.5. The van der Waals surface area contributed by atoms with Crippen LogP contribution in [0.4, 0.5) is 10.7 Å². The number of fused-ring (bicyclic) bond motifs is 2. The Morgan fingerprint density at radius 1 is 1.05 bits per heavy atom. The van der Waals surface area contributed by atoms with Crippen LogP contribution in [0, 0.1) is 5.41 Å². The summed E-state index contributed by atoms with van der Waals surface area (Å²) in [5.41, 5.74) is 3.25. The Bertz CT molecular complexity index is 1320. The number of aromatic nitrogens is 4. The molecule has 6 rings (SSSR count). The minimum absolute atomic E-state index is 0.137. The van der Waals surface area contributed by atoms with Gasteiger partial charge in [-0.15, -0.1) is 0 Å². The van der Waals surface area contributed by atoms with Gasteiger partial charge in [0.15, 0.2) is 5.65 Å². The molecule has 3 aliphatic rings. The molecule has 3 aromatic heterocycles. The minimum Gasteiger partial charge on any atom is -0.444 e. The lowest BCUT2D eigenvalue weighted by Gasteiger charge is -2.43. The van der Waals surface area contributed by atoms with E-state index in [1.165, 1.54) is 29.0 Å². The van der Waals surface area contributed by atoms with Gasteiger partial charge in [-0.1, -0.05) is 18.2 Å². The number of carbonyl (C=O) groups excluding carboxylic acids is 1. The summed E-state index contributed by atoms with van der Waals surface area (Å²) in [6.45, 7) is 7.56. The van der Waals surface area contributed by atoms with E-state index in [1.54, 1.807) is 11.8 Å². The van der Waals surface area contributed by atoms with Crippen LogP contribution in [0.3, 0.4) is 0 Å². The number of nitrogens with zero attached hydrogens (tertiary/aromatic N) is 5. The highest BCUT2D eigenvalue weighted by Gasteiger charge is 2.46. The van der Waals surface area contributed by atoms with Gasteiger partial charge in [-0.25, -0.2) is 14.8 Å². The molecule has 0 radical (unpaired) electrons. The summed E-state index contributed by atoms with van der Waals surface area (Å²) in [4.78, 5) is 31.6. The molecule has 1 saturated carbocycles. The monoisotopic (exact) mass is 534 g/mol. The van der Waals surface area contributed by atoms with E-state index in [0.29, 0.717) is 0 Å². The summed E-state index contributed by atoms with van der Waals surface area (Å²) in [5, 5.41) is 3.21. The first-order chi connectivity index (χ1) is 18.3. The molecule has 202 valence electrons. The molecule has 1 spiro atoms. The van der Waals surface area contributed by atoms with Crippen molar-refractivity contribution >= 4 is 29.5 Å². The number of piperidine rings is 1. The lowest BCUT2D eigenvalue weighted by molar-refractivity contribution is 0.0442. The molecule has 2 fully saturated rings. The number of pyridine rings is 1. The molecule has 3 aromatic rings. The van der Waals surface area contributed by atoms with E-state index in [0.717, 1.165) is 74.5 Å². The Hall–Kier alpha value is -2.81. The number of imidazole rings is 1. The van der Waals surface area contributed by atoms with Gasteiger partial charge in [0.25, 0.3) is 0 Å². The molecular formula is C29H38N6O2S. The van der Waals surface area contributed by atoms with E-state index in [1.807, 2.05) is 45.6 Å². The third-order valence-electron chi connectivity index (χ3n) is 8.43. The van der Waals surface area contributed by atoms with Crippen molar-refractivity contribution in [3.05, 3.63) is 42.1 Å². The normalized spacial score (nSPS) is 21.0. The highest BCUT2D eigenvalue weighted by molar-refractivity contribution is 7.99. The van der Waals surface area contributed by atoms with Crippen molar-refractivity contribution in [1.29, 1.82) is 0 Å². The van der Waals surface area contributed by atoms with Crippen LogP contribution in [-0.2, 0) is 17.6 Å². The number of aryl methyl sites for hydroxylation is 1. The van der Waals surface area contributed by atoms with Crippen LogP contribution in [0.25, 0.3) is 5.65 Å². The summed E-state index contributed by atoms with van der Waals surface area (Å²) in [6, 6.07) is 2.31. The lowest BCUT2D eigenvalue weighted by Crippen LogP contribution is -2.51. The zero-order valence-corrected chi connectivity index (χ0v) is 23.5. The summed E-state index contributed by atoms with van der Waals surface area (Å²) in [6.07, 6.45) is 17.5. The second-order valence-electron chi connectivity index (χ2n) is 12.0. The SMILES string of the molecule is CC(C)(C)OC(=O)N[C@@H]1CCCC12CCN(c1ncc(Sc3ccnc4c3CCCC4)c3nccn13)CC2. The molecule has 9 heteroatoms. The van der Waals surface area contributed by atoms with Gasteiger partial charge in [0, 0.05) is 54.5 Å². The van der Waals surface area contributed by atoms with Crippen molar-refractivity contribution in [2.75, 3.05) is 18.0 Å². The van der Waals surface area contributed by atoms with Crippen molar-refractivity contribution < 1.29 is 9.53 Å². The van der Waals surface area contributed by atoms with Crippen LogP contribution in [0.1, 0.15) is 77.0 Å². The second kappa shape index (κ2) is 10.1. The van der Waals surface area contributed by atoms with Gasteiger partial charge in [0.1, 0.15) is 5.60 Å². The summed E-state index contributed by atoms with van der Waals surface area (Å²) >= 11 is 1.76. The maximum atomic E-state index is 12.5. The highest BCUT2D eigenvalue weighted by Crippen LogP contribution is 2.47. The summed E-state index contributed by atoms with van der Waals surface area (Å²) in [7, 11) is 0. The first-order valence-electron chi connectivity index (χ1n) is 14.0. The first-order valence-corrected chi connectivity index (χ1v) is 14.8. The predicted octanol–water partition coefficient (Wildman–Crippen LogP) is 5.82. The number of hydrogen-bond donors (Lipinski definition) is 1. The third kappa shape index (κ3) is 4.97. The number of amides is 1. The van der Waals surface area contributed by atoms with Crippen molar-refractivity contribution in [3.8, 4) is 0 Å². The molecule has 2 aliphatic carbocycles.